The van der Waals surface area contributed by atoms with Crippen molar-refractivity contribution in [3.63, 3.8) is 0 Å². The molecule has 4 rings (SSSR count). The average molecular weight is 361 g/mol. The zero-order chi connectivity index (χ0) is 18.0. The molecule has 0 N–H and O–H groups in total. The Morgan fingerprint density at radius 3 is 2.46 bits per heavy atom. The van der Waals surface area contributed by atoms with E-state index in [9.17, 15) is 4.79 Å². The lowest BCUT2D eigenvalue weighted by Gasteiger charge is -2.35. The van der Waals surface area contributed by atoms with E-state index < -0.39 is 0 Å². The SMILES string of the molecule is C[C@@H]1CN(Cc2ccc(OCC3CCC4(CC3)OCCO4)cc2)C(=O)O1. The quantitative estimate of drug-likeness (QED) is 0.805. The molecule has 1 aromatic rings. The predicted molar refractivity (Wildman–Crippen MR) is 94.9 cm³/mol. The van der Waals surface area contributed by atoms with Gasteiger partial charge in [0.25, 0.3) is 0 Å². The van der Waals surface area contributed by atoms with Gasteiger partial charge in [-0.05, 0) is 43.4 Å². The maximum atomic E-state index is 11.7. The Morgan fingerprint density at radius 2 is 1.85 bits per heavy atom. The van der Waals surface area contributed by atoms with Crippen LogP contribution in [-0.2, 0) is 20.8 Å². The number of carbonyl (C=O) groups excluding carboxylic acids is 1. The molecule has 1 amide bonds. The minimum absolute atomic E-state index is 0.0280. The molecule has 0 bridgehead atoms. The highest BCUT2D eigenvalue weighted by atomic mass is 16.7. The lowest BCUT2D eigenvalue weighted by molar-refractivity contribution is -0.183. The third-order valence-electron chi connectivity index (χ3n) is 5.50. The molecule has 1 saturated carbocycles. The molecule has 6 heteroatoms. The summed E-state index contributed by atoms with van der Waals surface area (Å²) >= 11 is 0. The van der Waals surface area contributed by atoms with E-state index in [4.69, 9.17) is 18.9 Å². The van der Waals surface area contributed by atoms with Crippen molar-refractivity contribution in [2.45, 2.75) is 51.0 Å². The van der Waals surface area contributed by atoms with E-state index >= 15 is 0 Å². The highest BCUT2D eigenvalue weighted by Gasteiger charge is 2.40. The van der Waals surface area contributed by atoms with Gasteiger partial charge in [0.1, 0.15) is 11.9 Å². The molecule has 2 aliphatic heterocycles. The highest BCUT2D eigenvalue weighted by molar-refractivity contribution is 5.69. The van der Waals surface area contributed by atoms with Gasteiger partial charge in [-0.3, -0.25) is 0 Å². The molecule has 6 nitrogen and oxygen atoms in total. The third kappa shape index (κ3) is 3.96. The van der Waals surface area contributed by atoms with Gasteiger partial charge in [-0.25, -0.2) is 4.79 Å². The van der Waals surface area contributed by atoms with Gasteiger partial charge in [0, 0.05) is 19.4 Å². The number of benzene rings is 1. The average Bonchev–Trinajstić information content (AvgIpc) is 3.22. The predicted octanol–water partition coefficient (Wildman–Crippen LogP) is 3.34. The van der Waals surface area contributed by atoms with E-state index in [1.54, 1.807) is 4.90 Å². The first kappa shape index (κ1) is 17.6. The topological polar surface area (TPSA) is 57.2 Å². The van der Waals surface area contributed by atoms with E-state index in [0.717, 1.165) is 56.8 Å². The van der Waals surface area contributed by atoms with Crippen molar-refractivity contribution in [2.75, 3.05) is 26.4 Å². The number of ether oxygens (including phenoxy) is 4. The van der Waals surface area contributed by atoms with Crippen molar-refractivity contribution >= 4 is 6.09 Å². The van der Waals surface area contributed by atoms with Crippen LogP contribution in [0.5, 0.6) is 5.75 Å². The molecule has 3 aliphatic rings. The molecule has 0 unspecified atom stereocenters. The first-order chi connectivity index (χ1) is 12.6. The van der Waals surface area contributed by atoms with Crippen molar-refractivity contribution in [1.29, 1.82) is 0 Å². The van der Waals surface area contributed by atoms with E-state index in [1.165, 1.54) is 0 Å². The number of hydrogen-bond donors (Lipinski definition) is 0. The molecule has 1 aliphatic carbocycles. The fraction of sp³-hybridized carbons (Fsp3) is 0.650. The normalized spacial score (nSPS) is 25.7. The van der Waals surface area contributed by atoms with E-state index in [1.807, 2.05) is 31.2 Å². The van der Waals surface area contributed by atoms with E-state index in [0.29, 0.717) is 19.0 Å². The monoisotopic (exact) mass is 361 g/mol. The maximum absolute atomic E-state index is 11.7. The summed E-state index contributed by atoms with van der Waals surface area (Å²) in [4.78, 5) is 13.4. The van der Waals surface area contributed by atoms with Gasteiger partial charge in [-0.15, -0.1) is 0 Å². The molecule has 1 aromatic carbocycles. The fourth-order valence-electron chi connectivity index (χ4n) is 3.99. The minimum Gasteiger partial charge on any atom is -0.493 e. The molecule has 2 heterocycles. The molecule has 3 fully saturated rings. The van der Waals surface area contributed by atoms with Crippen molar-refractivity contribution in [1.82, 2.24) is 4.90 Å². The minimum atomic E-state index is -0.299. The van der Waals surface area contributed by atoms with Gasteiger partial charge in [-0.2, -0.15) is 0 Å². The van der Waals surface area contributed by atoms with Gasteiger partial charge >= 0.3 is 6.09 Å². The summed E-state index contributed by atoms with van der Waals surface area (Å²) in [5.74, 6) is 1.13. The fourth-order valence-corrected chi connectivity index (χ4v) is 3.99. The summed E-state index contributed by atoms with van der Waals surface area (Å²) in [6, 6.07) is 7.99. The van der Waals surface area contributed by atoms with Gasteiger partial charge in [0.05, 0.1) is 26.4 Å². The zero-order valence-corrected chi connectivity index (χ0v) is 15.3. The summed E-state index contributed by atoms with van der Waals surface area (Å²) in [5, 5.41) is 0. The van der Waals surface area contributed by atoms with Crippen LogP contribution in [0.15, 0.2) is 24.3 Å². The van der Waals surface area contributed by atoms with E-state index in [-0.39, 0.29) is 18.0 Å². The molecule has 142 valence electrons. The summed E-state index contributed by atoms with van der Waals surface area (Å²) in [6.45, 7) is 5.31. The Labute approximate surface area is 154 Å². The summed E-state index contributed by atoms with van der Waals surface area (Å²) in [6.07, 6.45) is 3.82. The molecule has 26 heavy (non-hydrogen) atoms. The highest BCUT2D eigenvalue weighted by Crippen LogP contribution is 2.38. The number of amides is 1. The van der Waals surface area contributed by atoms with Crippen LogP contribution in [0.2, 0.25) is 0 Å². The van der Waals surface area contributed by atoms with Crippen LogP contribution in [-0.4, -0.2) is 49.2 Å². The molecular weight excluding hydrogens is 334 g/mol. The molecular formula is C20H27NO5. The van der Waals surface area contributed by atoms with Crippen LogP contribution in [0, 0.1) is 5.92 Å². The lowest BCUT2D eigenvalue weighted by atomic mass is 9.85. The van der Waals surface area contributed by atoms with Crippen LogP contribution < -0.4 is 4.74 Å². The number of hydrogen-bond acceptors (Lipinski definition) is 5. The number of carbonyl (C=O) groups is 1. The van der Waals surface area contributed by atoms with Gasteiger partial charge in [-0.1, -0.05) is 12.1 Å². The van der Waals surface area contributed by atoms with E-state index in [2.05, 4.69) is 0 Å². The second-order valence-corrected chi connectivity index (χ2v) is 7.58. The number of nitrogens with zero attached hydrogens (tertiary/aromatic N) is 1. The second-order valence-electron chi connectivity index (χ2n) is 7.58. The van der Waals surface area contributed by atoms with Crippen LogP contribution in [0.3, 0.4) is 0 Å². The second kappa shape index (κ2) is 7.45. The van der Waals surface area contributed by atoms with Crippen molar-refractivity contribution < 1.29 is 23.7 Å². The van der Waals surface area contributed by atoms with Crippen molar-refractivity contribution in [2.24, 2.45) is 5.92 Å². The largest absolute Gasteiger partial charge is 0.493 e. The first-order valence-corrected chi connectivity index (χ1v) is 9.57. The standard InChI is InChI=1S/C20H27NO5/c1-15-12-21(19(22)26-15)13-16-2-4-18(5-3-16)23-14-17-6-8-20(9-7-17)24-10-11-25-20/h2-5,15,17H,6-14H2,1H3/t15-/m1/s1. The summed E-state index contributed by atoms with van der Waals surface area (Å²) in [7, 11) is 0. The van der Waals surface area contributed by atoms with Gasteiger partial charge in [0.2, 0.25) is 0 Å². The Kier molecular flexibility index (Phi) is 5.05. The lowest BCUT2D eigenvalue weighted by Crippen LogP contribution is -2.36. The Hall–Kier alpha value is -1.79. The maximum Gasteiger partial charge on any atom is 0.410 e. The van der Waals surface area contributed by atoms with Crippen LogP contribution >= 0.6 is 0 Å². The first-order valence-electron chi connectivity index (χ1n) is 9.57. The Bertz CT molecular complexity index is 616. The van der Waals surface area contributed by atoms with Crippen LogP contribution in [0.25, 0.3) is 0 Å². The molecule has 2 saturated heterocycles. The zero-order valence-electron chi connectivity index (χ0n) is 15.3. The Balaban J connectivity index is 1.23. The number of cyclic esters (lactones) is 1. The third-order valence-corrected chi connectivity index (χ3v) is 5.50. The van der Waals surface area contributed by atoms with Crippen LogP contribution in [0.1, 0.15) is 38.2 Å². The van der Waals surface area contributed by atoms with Crippen molar-refractivity contribution in [3.8, 4) is 5.75 Å². The molecule has 0 radical (unpaired) electrons. The summed E-state index contributed by atoms with van der Waals surface area (Å²) < 4.78 is 22.7. The summed E-state index contributed by atoms with van der Waals surface area (Å²) in [5.41, 5.74) is 1.08. The number of rotatable bonds is 5. The smallest absolute Gasteiger partial charge is 0.410 e. The molecule has 1 spiro atoms. The molecule has 0 aromatic heterocycles. The van der Waals surface area contributed by atoms with Gasteiger partial charge in [0.15, 0.2) is 5.79 Å². The van der Waals surface area contributed by atoms with Gasteiger partial charge < -0.3 is 23.8 Å². The van der Waals surface area contributed by atoms with Crippen molar-refractivity contribution in [3.05, 3.63) is 29.8 Å². The van der Waals surface area contributed by atoms with Crippen LogP contribution in [0.4, 0.5) is 4.79 Å². The molecule has 1 atom stereocenters. The Morgan fingerprint density at radius 1 is 1.15 bits per heavy atom.